The van der Waals surface area contributed by atoms with Crippen molar-refractivity contribution < 1.29 is 14.6 Å². The molecule has 0 spiro atoms. The fraction of sp³-hybridized carbons (Fsp3) is 0.278. The predicted molar refractivity (Wildman–Crippen MR) is 83.6 cm³/mol. The van der Waals surface area contributed by atoms with E-state index in [1.807, 2.05) is 35.2 Å². The highest BCUT2D eigenvalue weighted by atomic mass is 16.5. The largest absolute Gasteiger partial charge is 0.480 e. The Bertz CT molecular complexity index is 642. The molecule has 4 nitrogen and oxygen atoms in total. The van der Waals surface area contributed by atoms with E-state index in [-0.39, 0.29) is 12.6 Å². The molecule has 1 aliphatic heterocycles. The van der Waals surface area contributed by atoms with Crippen LogP contribution in [0.2, 0.25) is 0 Å². The summed E-state index contributed by atoms with van der Waals surface area (Å²) < 4.78 is 6.07. The lowest BCUT2D eigenvalue weighted by atomic mass is 9.95. The quantitative estimate of drug-likeness (QED) is 0.946. The van der Waals surface area contributed by atoms with Crippen molar-refractivity contribution >= 4 is 5.97 Å². The number of ether oxygens (including phenoxy) is 1. The Morgan fingerprint density at radius 2 is 1.86 bits per heavy atom. The van der Waals surface area contributed by atoms with Gasteiger partial charge in [-0.05, 0) is 16.7 Å². The third kappa shape index (κ3) is 3.35. The van der Waals surface area contributed by atoms with E-state index in [2.05, 4.69) is 24.3 Å². The molecule has 0 fully saturated rings. The van der Waals surface area contributed by atoms with Crippen LogP contribution in [0.1, 0.15) is 22.8 Å². The van der Waals surface area contributed by atoms with E-state index in [0.717, 1.165) is 16.7 Å². The molecule has 0 aliphatic carbocycles. The second-order valence-corrected chi connectivity index (χ2v) is 5.46. The average molecular weight is 297 g/mol. The number of carboxylic acid groups (broad SMARTS) is 1. The molecule has 0 radical (unpaired) electrons. The van der Waals surface area contributed by atoms with Gasteiger partial charge in [0.1, 0.15) is 6.10 Å². The van der Waals surface area contributed by atoms with Gasteiger partial charge < -0.3 is 9.84 Å². The van der Waals surface area contributed by atoms with Crippen LogP contribution in [-0.2, 0) is 16.1 Å². The first-order valence-corrected chi connectivity index (χ1v) is 7.42. The highest BCUT2D eigenvalue weighted by Gasteiger charge is 2.22. The molecule has 2 aromatic carbocycles. The summed E-state index contributed by atoms with van der Waals surface area (Å²) in [5, 5.41) is 9.02. The summed E-state index contributed by atoms with van der Waals surface area (Å²) in [6, 6.07) is 18.3. The molecule has 3 rings (SSSR count). The molecule has 1 unspecified atom stereocenters. The van der Waals surface area contributed by atoms with Crippen LogP contribution in [0.3, 0.4) is 0 Å². The Kier molecular flexibility index (Phi) is 4.51. The fourth-order valence-corrected chi connectivity index (χ4v) is 2.87. The summed E-state index contributed by atoms with van der Waals surface area (Å²) in [4.78, 5) is 12.9. The number of carboxylic acids is 1. The van der Waals surface area contributed by atoms with E-state index in [0.29, 0.717) is 19.7 Å². The van der Waals surface area contributed by atoms with Crippen molar-refractivity contribution in [3.8, 4) is 0 Å². The maximum Gasteiger partial charge on any atom is 0.317 e. The Morgan fingerprint density at radius 1 is 1.14 bits per heavy atom. The van der Waals surface area contributed by atoms with Crippen LogP contribution in [0.5, 0.6) is 0 Å². The molecular weight excluding hydrogens is 278 g/mol. The lowest BCUT2D eigenvalue weighted by Crippen LogP contribution is -2.34. The van der Waals surface area contributed by atoms with Crippen LogP contribution in [0.25, 0.3) is 0 Å². The van der Waals surface area contributed by atoms with Gasteiger partial charge in [-0.3, -0.25) is 9.69 Å². The molecule has 114 valence electrons. The van der Waals surface area contributed by atoms with Crippen molar-refractivity contribution in [1.82, 2.24) is 4.90 Å². The molecule has 1 heterocycles. The first kappa shape index (κ1) is 14.8. The van der Waals surface area contributed by atoms with Crippen LogP contribution < -0.4 is 0 Å². The number of hydrogen-bond acceptors (Lipinski definition) is 3. The molecule has 0 saturated carbocycles. The minimum absolute atomic E-state index is 0.0354. The van der Waals surface area contributed by atoms with Crippen molar-refractivity contribution in [3.63, 3.8) is 0 Å². The smallest absolute Gasteiger partial charge is 0.317 e. The van der Waals surface area contributed by atoms with Gasteiger partial charge in [0.2, 0.25) is 0 Å². The molecule has 1 aliphatic rings. The average Bonchev–Trinajstić information content (AvgIpc) is 2.50. The molecule has 0 amide bonds. The molecule has 1 N–H and O–H groups in total. The Labute approximate surface area is 130 Å². The Hall–Kier alpha value is -2.17. The molecule has 1 atom stereocenters. The number of aliphatic carboxylic acids is 1. The highest BCUT2D eigenvalue weighted by Crippen LogP contribution is 2.30. The zero-order valence-corrected chi connectivity index (χ0v) is 12.3. The van der Waals surface area contributed by atoms with Crippen molar-refractivity contribution in [1.29, 1.82) is 0 Å². The van der Waals surface area contributed by atoms with Crippen molar-refractivity contribution in [2.75, 3.05) is 19.7 Å². The predicted octanol–water partition coefficient (Wildman–Crippen LogP) is 2.69. The molecule has 0 saturated heterocycles. The van der Waals surface area contributed by atoms with Crippen LogP contribution in [0.15, 0.2) is 54.6 Å². The van der Waals surface area contributed by atoms with Crippen molar-refractivity contribution in [2.24, 2.45) is 0 Å². The van der Waals surface area contributed by atoms with E-state index in [9.17, 15) is 4.79 Å². The van der Waals surface area contributed by atoms with Gasteiger partial charge in [0, 0.05) is 13.1 Å². The first-order valence-electron chi connectivity index (χ1n) is 7.42. The van der Waals surface area contributed by atoms with E-state index in [1.165, 1.54) is 0 Å². The van der Waals surface area contributed by atoms with E-state index < -0.39 is 5.97 Å². The van der Waals surface area contributed by atoms with Gasteiger partial charge in [-0.25, -0.2) is 0 Å². The van der Waals surface area contributed by atoms with Gasteiger partial charge >= 0.3 is 5.97 Å². The SMILES string of the molecule is O=C(O)CN1CCOC(c2ccccc2)c2ccccc2C1. The topological polar surface area (TPSA) is 49.8 Å². The molecular formula is C18H19NO3. The van der Waals surface area contributed by atoms with Crippen molar-refractivity contribution in [3.05, 3.63) is 71.3 Å². The third-order valence-corrected chi connectivity index (χ3v) is 3.88. The highest BCUT2D eigenvalue weighted by molar-refractivity contribution is 5.69. The monoisotopic (exact) mass is 297 g/mol. The fourth-order valence-electron chi connectivity index (χ4n) is 2.87. The van der Waals surface area contributed by atoms with Gasteiger partial charge in [-0.2, -0.15) is 0 Å². The lowest BCUT2D eigenvalue weighted by molar-refractivity contribution is -0.138. The second-order valence-electron chi connectivity index (χ2n) is 5.46. The maximum atomic E-state index is 11.0. The van der Waals surface area contributed by atoms with E-state index in [1.54, 1.807) is 0 Å². The first-order chi connectivity index (χ1) is 10.7. The number of benzene rings is 2. The van der Waals surface area contributed by atoms with Crippen LogP contribution in [0.4, 0.5) is 0 Å². The minimum atomic E-state index is -0.808. The van der Waals surface area contributed by atoms with Gasteiger partial charge in [0.25, 0.3) is 0 Å². The normalized spacial score (nSPS) is 19.0. The number of hydrogen-bond donors (Lipinski definition) is 1. The zero-order chi connectivity index (χ0) is 15.4. The van der Waals surface area contributed by atoms with E-state index in [4.69, 9.17) is 9.84 Å². The standard InChI is InChI=1S/C18H19NO3/c20-17(21)13-19-10-11-22-18(14-6-2-1-3-7-14)16-9-5-4-8-15(16)12-19/h1-9,18H,10-13H2,(H,20,21). The molecule has 4 heteroatoms. The van der Waals surface area contributed by atoms with Gasteiger partial charge in [-0.1, -0.05) is 54.6 Å². The van der Waals surface area contributed by atoms with Gasteiger partial charge in [0.15, 0.2) is 0 Å². The summed E-state index contributed by atoms with van der Waals surface area (Å²) in [6.45, 7) is 1.80. The second kappa shape index (κ2) is 6.73. The summed E-state index contributed by atoms with van der Waals surface area (Å²) >= 11 is 0. The summed E-state index contributed by atoms with van der Waals surface area (Å²) in [5.41, 5.74) is 3.36. The minimum Gasteiger partial charge on any atom is -0.480 e. The summed E-state index contributed by atoms with van der Waals surface area (Å²) in [6.07, 6.45) is -0.0932. The summed E-state index contributed by atoms with van der Waals surface area (Å²) in [5.74, 6) is -0.808. The van der Waals surface area contributed by atoms with Crippen molar-refractivity contribution in [2.45, 2.75) is 12.6 Å². The van der Waals surface area contributed by atoms with Gasteiger partial charge in [0.05, 0.1) is 13.2 Å². The van der Waals surface area contributed by atoms with Crippen LogP contribution in [0, 0.1) is 0 Å². The number of rotatable bonds is 3. The molecule has 22 heavy (non-hydrogen) atoms. The molecule has 2 aromatic rings. The Morgan fingerprint density at radius 3 is 2.64 bits per heavy atom. The zero-order valence-electron chi connectivity index (χ0n) is 12.3. The van der Waals surface area contributed by atoms with Crippen LogP contribution >= 0.6 is 0 Å². The number of fused-ring (bicyclic) bond motifs is 1. The lowest BCUT2D eigenvalue weighted by Gasteiger charge is -2.29. The Balaban J connectivity index is 1.94. The maximum absolute atomic E-state index is 11.0. The van der Waals surface area contributed by atoms with Crippen LogP contribution in [-0.4, -0.2) is 35.7 Å². The number of carbonyl (C=O) groups is 1. The molecule has 0 aromatic heterocycles. The van der Waals surface area contributed by atoms with E-state index >= 15 is 0 Å². The third-order valence-electron chi connectivity index (χ3n) is 3.88. The number of nitrogens with zero attached hydrogens (tertiary/aromatic N) is 1. The van der Waals surface area contributed by atoms with Gasteiger partial charge in [-0.15, -0.1) is 0 Å². The molecule has 0 bridgehead atoms. The summed E-state index contributed by atoms with van der Waals surface area (Å²) in [7, 11) is 0.